The fourth-order valence-electron chi connectivity index (χ4n) is 0.712. The van der Waals surface area contributed by atoms with Crippen LogP contribution in [0, 0.1) is 5.39 Å². The summed E-state index contributed by atoms with van der Waals surface area (Å²) in [6.45, 7) is 0. The number of methoxy groups -OCH3 is 1. The first-order valence-electron chi connectivity index (χ1n) is 2.86. The van der Waals surface area contributed by atoms with Crippen LogP contribution < -0.4 is 23.6 Å². The van der Waals surface area contributed by atoms with Gasteiger partial charge in [-0.2, -0.15) is 0 Å². The molecule has 0 saturated heterocycles. The van der Waals surface area contributed by atoms with Gasteiger partial charge in [0.25, 0.3) is 0 Å². The summed E-state index contributed by atoms with van der Waals surface area (Å²) in [4.78, 5) is 3.02. The molecule has 0 bridgehead atoms. The number of halogens is 4. The van der Waals surface area contributed by atoms with Gasteiger partial charge in [0.15, 0.2) is 4.98 Å². The molecule has 1 aromatic carbocycles. The number of para-hydroxylation sites is 1. The molecule has 0 amide bonds. The second kappa shape index (κ2) is 14.7. The molecule has 0 aliphatic carbocycles. The van der Waals surface area contributed by atoms with E-state index < -0.39 is 0 Å². The fraction of sp³-hybridized carbons (Fsp3) is 0.143. The summed E-state index contributed by atoms with van der Waals surface area (Å²) in [6, 6.07) is 6.99. The monoisotopic (exact) mass is 222 g/mol. The van der Waals surface area contributed by atoms with Crippen LogP contribution >= 0.6 is 0 Å². The zero-order valence-electron chi connectivity index (χ0n) is 7.70. The molecule has 15 heavy (non-hydrogen) atoms. The molecule has 0 unspecified atom stereocenters. The van der Waals surface area contributed by atoms with E-state index >= 15 is 0 Å². The summed E-state index contributed by atoms with van der Waals surface area (Å²) in [5, 5.41) is 8.39. The number of hydrogen-bond acceptors (Lipinski definition) is 2. The Morgan fingerprint density at radius 3 is 1.87 bits per heavy atom. The Kier molecular flexibility index (Phi) is 28.7. The molecule has 0 atom stereocenters. The van der Waals surface area contributed by atoms with Crippen molar-refractivity contribution in [1.82, 2.24) is 0 Å². The molecular formula is C7H7BF4N2O. The molecule has 0 aliphatic rings. The van der Waals surface area contributed by atoms with E-state index in [2.05, 4.69) is 4.98 Å². The molecule has 3 nitrogen and oxygen atoms in total. The van der Waals surface area contributed by atoms with Gasteiger partial charge in [0.1, 0.15) is 0 Å². The van der Waals surface area contributed by atoms with E-state index in [0.717, 1.165) is 0 Å². The quantitative estimate of drug-likeness (QED) is 0.269. The Morgan fingerprint density at radius 1 is 1.07 bits per heavy atom. The molecule has 82 valence electrons. The van der Waals surface area contributed by atoms with Crippen molar-refractivity contribution in [2.45, 2.75) is 0 Å². The SMILES string of the molecule is COc1ccccc1[N+]#N.[B+3].[F-].[F-].[F-].[F-]. The van der Waals surface area contributed by atoms with Crippen molar-refractivity contribution >= 4 is 14.1 Å². The van der Waals surface area contributed by atoms with Crippen molar-refractivity contribution in [3.05, 3.63) is 29.2 Å². The van der Waals surface area contributed by atoms with Crippen LogP contribution in [-0.2, 0) is 0 Å². The summed E-state index contributed by atoms with van der Waals surface area (Å²) in [5.41, 5.74) is 0.449. The van der Waals surface area contributed by atoms with Gasteiger partial charge in [0.05, 0.1) is 7.11 Å². The van der Waals surface area contributed by atoms with E-state index in [1.54, 1.807) is 18.2 Å². The van der Waals surface area contributed by atoms with Crippen LogP contribution in [0.4, 0.5) is 5.69 Å². The Hall–Kier alpha value is -1.78. The number of rotatable bonds is 1. The third-order valence-corrected chi connectivity index (χ3v) is 1.19. The van der Waals surface area contributed by atoms with E-state index in [0.29, 0.717) is 11.4 Å². The van der Waals surface area contributed by atoms with Gasteiger partial charge in [-0.3, -0.25) is 0 Å². The molecule has 8 heteroatoms. The molecule has 1 rings (SSSR count). The summed E-state index contributed by atoms with van der Waals surface area (Å²) >= 11 is 0. The van der Waals surface area contributed by atoms with Crippen molar-refractivity contribution in [2.75, 3.05) is 7.11 Å². The third-order valence-electron chi connectivity index (χ3n) is 1.19. The van der Waals surface area contributed by atoms with E-state index in [1.165, 1.54) is 7.11 Å². The van der Waals surface area contributed by atoms with Gasteiger partial charge >= 0.3 is 14.1 Å². The minimum Gasteiger partial charge on any atom is -1.00 e. The summed E-state index contributed by atoms with van der Waals surface area (Å²) in [6.07, 6.45) is 0. The molecule has 1 aromatic rings. The second-order valence-electron chi connectivity index (χ2n) is 1.77. The molecule has 0 spiro atoms. The Bertz CT molecular complexity index is 282. The van der Waals surface area contributed by atoms with Gasteiger partial charge in [-0.15, -0.1) is 0 Å². The largest absolute Gasteiger partial charge is 3.00 e. The maximum absolute atomic E-state index is 8.39. The average molecular weight is 222 g/mol. The van der Waals surface area contributed by atoms with Gasteiger partial charge in [0, 0.05) is 6.07 Å². The minimum absolute atomic E-state index is 0. The zero-order valence-corrected chi connectivity index (χ0v) is 7.70. The summed E-state index contributed by atoms with van der Waals surface area (Å²) in [5.74, 6) is 0.574. The van der Waals surface area contributed by atoms with Gasteiger partial charge in [0.2, 0.25) is 11.1 Å². The van der Waals surface area contributed by atoms with E-state index in [-0.39, 0.29) is 27.2 Å². The van der Waals surface area contributed by atoms with Crippen LogP contribution in [0.3, 0.4) is 0 Å². The Morgan fingerprint density at radius 2 is 1.53 bits per heavy atom. The first-order valence-corrected chi connectivity index (χ1v) is 2.86. The molecule has 0 N–H and O–H groups in total. The Balaban J connectivity index is -0.0000000667. The normalized spacial score (nSPS) is 5.60. The van der Waals surface area contributed by atoms with Crippen molar-refractivity contribution in [2.24, 2.45) is 0 Å². The van der Waals surface area contributed by atoms with Gasteiger partial charge < -0.3 is 23.6 Å². The van der Waals surface area contributed by atoms with E-state index in [9.17, 15) is 0 Å². The topological polar surface area (TPSA) is 37.4 Å². The summed E-state index contributed by atoms with van der Waals surface area (Å²) < 4.78 is 4.88. The molecule has 0 radical (unpaired) electrons. The molecule has 0 heterocycles. The van der Waals surface area contributed by atoms with Gasteiger partial charge in [-0.1, -0.05) is 12.1 Å². The Labute approximate surface area is 86.1 Å². The van der Waals surface area contributed by atoms with E-state index in [1.807, 2.05) is 6.07 Å². The molecular weight excluding hydrogens is 215 g/mol. The van der Waals surface area contributed by atoms with Crippen molar-refractivity contribution in [3.63, 3.8) is 0 Å². The average Bonchev–Trinajstić information content (AvgIpc) is 2.04. The van der Waals surface area contributed by atoms with Gasteiger partial charge in [-0.05, 0) is 6.07 Å². The first-order chi connectivity index (χ1) is 4.88. The van der Waals surface area contributed by atoms with Crippen LogP contribution in [0.5, 0.6) is 5.75 Å². The molecule has 0 fully saturated rings. The predicted octanol–water partition coefficient (Wildman–Crippen LogP) is -10.2. The third kappa shape index (κ3) is 7.31. The van der Waals surface area contributed by atoms with Crippen LogP contribution in [0.2, 0.25) is 0 Å². The van der Waals surface area contributed by atoms with Crippen LogP contribution in [0.15, 0.2) is 24.3 Å². The predicted molar refractivity (Wildman–Crippen MR) is 43.5 cm³/mol. The summed E-state index contributed by atoms with van der Waals surface area (Å²) in [7, 11) is 1.53. The molecule has 0 aliphatic heterocycles. The molecule has 0 aromatic heterocycles. The fourth-order valence-corrected chi connectivity index (χ4v) is 0.712. The number of nitrogens with zero attached hydrogens (tertiary/aromatic N) is 2. The van der Waals surface area contributed by atoms with E-state index in [4.69, 9.17) is 10.1 Å². The standard InChI is InChI=1S/C7H7N2O.B.4FH/c1-10-7-5-3-2-4-6(7)9-8;;;;;/h2-5H,1H3;;4*1H/q+1;+3;;;;/p-4. The van der Waals surface area contributed by atoms with Crippen LogP contribution in [0.1, 0.15) is 0 Å². The maximum atomic E-state index is 8.39. The maximum Gasteiger partial charge on any atom is 3.00 e. The van der Waals surface area contributed by atoms with Crippen molar-refractivity contribution in [3.8, 4) is 5.75 Å². The number of diazo groups is 1. The molecule has 0 saturated carbocycles. The number of benzene rings is 1. The number of hydrogen-bond donors (Lipinski definition) is 0. The smallest absolute Gasteiger partial charge is 1.00 e. The van der Waals surface area contributed by atoms with Crippen molar-refractivity contribution < 1.29 is 23.6 Å². The van der Waals surface area contributed by atoms with Crippen LogP contribution in [0.25, 0.3) is 4.98 Å². The second-order valence-corrected chi connectivity index (χ2v) is 1.77. The zero-order chi connectivity index (χ0) is 7.40. The first kappa shape index (κ1) is 29.2. The van der Waals surface area contributed by atoms with Crippen LogP contribution in [-0.4, -0.2) is 15.5 Å². The minimum atomic E-state index is 0. The number of ether oxygens (including phenoxy) is 1. The van der Waals surface area contributed by atoms with Crippen molar-refractivity contribution in [1.29, 1.82) is 5.39 Å². The van der Waals surface area contributed by atoms with Gasteiger partial charge in [-0.25, -0.2) is 0 Å².